The quantitative estimate of drug-likeness (QED) is 0.589. The summed E-state index contributed by atoms with van der Waals surface area (Å²) in [5.41, 5.74) is 5.25. The molecule has 2 heterocycles. The molecule has 1 aliphatic heterocycles. The van der Waals surface area contributed by atoms with Gasteiger partial charge in [-0.1, -0.05) is 54.6 Å². The highest BCUT2D eigenvalue weighted by Gasteiger charge is 2.27. The second-order valence-electron chi connectivity index (χ2n) is 7.91. The van der Waals surface area contributed by atoms with E-state index in [1.54, 1.807) is 11.3 Å². The summed E-state index contributed by atoms with van der Waals surface area (Å²) < 4.78 is 6.07. The molecule has 0 unspecified atom stereocenters. The van der Waals surface area contributed by atoms with E-state index in [0.29, 0.717) is 6.61 Å². The van der Waals surface area contributed by atoms with Crippen molar-refractivity contribution in [3.8, 4) is 10.4 Å². The Hall–Kier alpha value is -2.43. The van der Waals surface area contributed by atoms with Crippen molar-refractivity contribution in [1.29, 1.82) is 0 Å². The standard InChI is InChI=1S/C25H25NO2S/c27-25(23-16-20-11-10-19-8-4-5-9-22(19)24(20)29-23)26-14-12-21(13-15-26)28-17-18-6-2-1-3-7-18/h1-9,16,21H,10-15,17H2. The maximum atomic E-state index is 13.1. The number of likely N-dealkylation sites (tertiary alicyclic amines) is 1. The smallest absolute Gasteiger partial charge is 0.263 e. The zero-order valence-electron chi connectivity index (χ0n) is 16.5. The van der Waals surface area contributed by atoms with Crippen LogP contribution in [-0.4, -0.2) is 30.0 Å². The van der Waals surface area contributed by atoms with Crippen molar-refractivity contribution >= 4 is 17.2 Å². The fourth-order valence-electron chi connectivity index (χ4n) is 4.35. The Morgan fingerprint density at radius 2 is 1.69 bits per heavy atom. The highest BCUT2D eigenvalue weighted by molar-refractivity contribution is 7.17. The van der Waals surface area contributed by atoms with E-state index in [4.69, 9.17) is 4.74 Å². The van der Waals surface area contributed by atoms with Crippen molar-refractivity contribution in [2.24, 2.45) is 0 Å². The van der Waals surface area contributed by atoms with Gasteiger partial charge >= 0.3 is 0 Å². The van der Waals surface area contributed by atoms with Gasteiger partial charge in [-0.05, 0) is 54.0 Å². The van der Waals surface area contributed by atoms with E-state index < -0.39 is 0 Å². The molecule has 4 heteroatoms. The topological polar surface area (TPSA) is 29.5 Å². The Morgan fingerprint density at radius 3 is 2.52 bits per heavy atom. The van der Waals surface area contributed by atoms with Crippen LogP contribution in [0.25, 0.3) is 10.4 Å². The fourth-order valence-corrected chi connectivity index (χ4v) is 5.59. The molecular formula is C25H25NO2S. The molecule has 5 rings (SSSR count). The van der Waals surface area contributed by atoms with Crippen LogP contribution in [0.3, 0.4) is 0 Å². The average molecular weight is 404 g/mol. The average Bonchev–Trinajstić information content (AvgIpc) is 3.23. The summed E-state index contributed by atoms with van der Waals surface area (Å²) in [5.74, 6) is 0.184. The van der Waals surface area contributed by atoms with Crippen molar-refractivity contribution in [3.05, 3.63) is 82.2 Å². The highest BCUT2D eigenvalue weighted by atomic mass is 32.1. The number of amides is 1. The second-order valence-corrected chi connectivity index (χ2v) is 8.96. The molecule has 2 aromatic carbocycles. The van der Waals surface area contributed by atoms with E-state index in [9.17, 15) is 4.79 Å². The molecule has 3 aromatic rings. The number of benzene rings is 2. The van der Waals surface area contributed by atoms with Gasteiger partial charge in [0.05, 0.1) is 17.6 Å². The molecular weight excluding hydrogens is 378 g/mol. The molecule has 2 aliphatic rings. The Morgan fingerprint density at radius 1 is 0.966 bits per heavy atom. The fraction of sp³-hybridized carbons (Fsp3) is 0.320. The monoisotopic (exact) mass is 403 g/mol. The number of carbonyl (C=O) groups is 1. The van der Waals surface area contributed by atoms with Gasteiger partial charge in [0.2, 0.25) is 0 Å². The lowest BCUT2D eigenvalue weighted by molar-refractivity contribution is -0.000271. The SMILES string of the molecule is O=C(c1cc2c(s1)-c1ccccc1CC2)N1CCC(OCc2ccccc2)CC1. The number of rotatable bonds is 4. The minimum Gasteiger partial charge on any atom is -0.373 e. The normalized spacial score (nSPS) is 16.3. The molecule has 148 valence electrons. The van der Waals surface area contributed by atoms with Crippen molar-refractivity contribution in [3.63, 3.8) is 0 Å². The van der Waals surface area contributed by atoms with Crippen LogP contribution in [0, 0.1) is 0 Å². The van der Waals surface area contributed by atoms with Crippen molar-refractivity contribution in [1.82, 2.24) is 4.90 Å². The first-order valence-corrected chi connectivity index (χ1v) is 11.3. The number of piperidine rings is 1. The second kappa shape index (κ2) is 8.13. The van der Waals surface area contributed by atoms with E-state index in [1.165, 1.54) is 27.1 Å². The van der Waals surface area contributed by atoms with Crippen LogP contribution in [0.2, 0.25) is 0 Å². The Bertz CT molecular complexity index is 1000. The van der Waals surface area contributed by atoms with Crippen molar-refractivity contribution in [2.45, 2.75) is 38.4 Å². The zero-order valence-corrected chi connectivity index (χ0v) is 17.3. The van der Waals surface area contributed by atoms with Gasteiger partial charge in [0.15, 0.2) is 0 Å². The summed E-state index contributed by atoms with van der Waals surface area (Å²) in [7, 11) is 0. The lowest BCUT2D eigenvalue weighted by Crippen LogP contribution is -2.40. The lowest BCUT2D eigenvalue weighted by atomic mass is 9.91. The van der Waals surface area contributed by atoms with Gasteiger partial charge in [0.1, 0.15) is 0 Å². The first kappa shape index (κ1) is 18.6. The molecule has 1 aliphatic carbocycles. The van der Waals surface area contributed by atoms with Crippen LogP contribution in [0.5, 0.6) is 0 Å². The summed E-state index contributed by atoms with van der Waals surface area (Å²) in [4.78, 5) is 17.3. The van der Waals surface area contributed by atoms with Crippen LogP contribution in [0.15, 0.2) is 60.7 Å². The number of hydrogen-bond donors (Lipinski definition) is 0. The Kier molecular flexibility index (Phi) is 5.21. The van der Waals surface area contributed by atoms with Gasteiger partial charge in [-0.25, -0.2) is 0 Å². The zero-order chi connectivity index (χ0) is 19.6. The summed E-state index contributed by atoms with van der Waals surface area (Å²) in [6.07, 6.45) is 4.16. The number of hydrogen-bond acceptors (Lipinski definition) is 3. The number of thiophene rings is 1. The first-order chi connectivity index (χ1) is 14.3. The Balaban J connectivity index is 1.21. The third-order valence-corrected chi connectivity index (χ3v) is 7.20. The summed E-state index contributed by atoms with van der Waals surface area (Å²) in [5, 5.41) is 0. The molecule has 1 aromatic heterocycles. The molecule has 29 heavy (non-hydrogen) atoms. The molecule has 1 saturated heterocycles. The van der Waals surface area contributed by atoms with Crippen molar-refractivity contribution < 1.29 is 9.53 Å². The molecule has 0 atom stereocenters. The number of nitrogens with zero attached hydrogens (tertiary/aromatic N) is 1. The predicted molar refractivity (Wildman–Crippen MR) is 117 cm³/mol. The summed E-state index contributed by atoms with van der Waals surface area (Å²) in [6.45, 7) is 2.20. The molecule has 0 radical (unpaired) electrons. The molecule has 0 N–H and O–H groups in total. The molecule has 0 bridgehead atoms. The van der Waals surface area contributed by atoms with Crippen LogP contribution in [0.1, 0.15) is 39.2 Å². The van der Waals surface area contributed by atoms with Gasteiger partial charge in [-0.15, -0.1) is 11.3 Å². The highest BCUT2D eigenvalue weighted by Crippen LogP contribution is 2.40. The van der Waals surface area contributed by atoms with E-state index in [-0.39, 0.29) is 12.0 Å². The first-order valence-electron chi connectivity index (χ1n) is 10.4. The predicted octanol–water partition coefficient (Wildman–Crippen LogP) is 5.34. The van der Waals surface area contributed by atoms with E-state index >= 15 is 0 Å². The van der Waals surface area contributed by atoms with Gasteiger partial charge in [-0.3, -0.25) is 4.79 Å². The number of carbonyl (C=O) groups excluding carboxylic acids is 1. The molecule has 3 nitrogen and oxygen atoms in total. The number of ether oxygens (including phenoxy) is 1. The maximum absolute atomic E-state index is 13.1. The van der Waals surface area contributed by atoms with E-state index in [2.05, 4.69) is 42.5 Å². The van der Waals surface area contributed by atoms with Gasteiger partial charge in [0.25, 0.3) is 5.91 Å². The van der Waals surface area contributed by atoms with Crippen LogP contribution in [-0.2, 0) is 24.2 Å². The van der Waals surface area contributed by atoms with Crippen molar-refractivity contribution in [2.75, 3.05) is 13.1 Å². The third kappa shape index (κ3) is 3.87. The van der Waals surface area contributed by atoms with Crippen LogP contribution < -0.4 is 0 Å². The molecule has 1 amide bonds. The van der Waals surface area contributed by atoms with E-state index in [1.807, 2.05) is 23.1 Å². The maximum Gasteiger partial charge on any atom is 0.263 e. The molecule has 1 fully saturated rings. The summed E-state index contributed by atoms with van der Waals surface area (Å²) >= 11 is 1.67. The minimum atomic E-state index is 0.184. The molecule has 0 spiro atoms. The minimum absolute atomic E-state index is 0.184. The van der Waals surface area contributed by atoms with Gasteiger partial charge in [-0.2, -0.15) is 0 Å². The molecule has 0 saturated carbocycles. The number of aryl methyl sites for hydroxylation is 2. The number of fused-ring (bicyclic) bond motifs is 3. The largest absolute Gasteiger partial charge is 0.373 e. The van der Waals surface area contributed by atoms with Crippen LogP contribution in [0.4, 0.5) is 0 Å². The Labute approximate surface area is 175 Å². The summed E-state index contributed by atoms with van der Waals surface area (Å²) in [6, 6.07) is 21.0. The van der Waals surface area contributed by atoms with Gasteiger partial charge in [0, 0.05) is 18.0 Å². The lowest BCUT2D eigenvalue weighted by Gasteiger charge is -2.31. The van der Waals surface area contributed by atoms with Crippen LogP contribution >= 0.6 is 11.3 Å². The van der Waals surface area contributed by atoms with E-state index in [0.717, 1.165) is 43.6 Å². The van der Waals surface area contributed by atoms with Gasteiger partial charge < -0.3 is 9.64 Å². The third-order valence-electron chi connectivity index (χ3n) is 6.00.